The Hall–Kier alpha value is -0.770. The molecule has 0 aromatic heterocycles. The highest BCUT2D eigenvalue weighted by molar-refractivity contribution is 6.20. The monoisotopic (exact) mass is 362 g/mol. The average molecular weight is 363 g/mol. The van der Waals surface area contributed by atoms with E-state index < -0.39 is 0 Å². The van der Waals surface area contributed by atoms with Crippen LogP contribution in [0.25, 0.3) is 0 Å². The lowest BCUT2D eigenvalue weighted by molar-refractivity contribution is -0.145. The van der Waals surface area contributed by atoms with Gasteiger partial charge in [-0.2, -0.15) is 0 Å². The molecule has 24 heavy (non-hydrogen) atoms. The summed E-state index contributed by atoms with van der Waals surface area (Å²) in [6.07, 6.45) is 12.2. The van der Waals surface area contributed by atoms with Gasteiger partial charge in [-0.3, -0.25) is 9.59 Å². The predicted octanol–water partition coefficient (Wildman–Crippen LogP) is 5.40. The van der Waals surface area contributed by atoms with Crippen molar-refractivity contribution in [3.63, 3.8) is 0 Å². The maximum Gasteiger partial charge on any atom is 0.305 e. The van der Waals surface area contributed by atoms with Crippen molar-refractivity contribution in [1.82, 2.24) is 0 Å². The van der Waals surface area contributed by atoms with Crippen LogP contribution in [0.15, 0.2) is 0 Å². The Morgan fingerprint density at radius 2 is 1.29 bits per heavy atom. The van der Waals surface area contributed by atoms with Crippen LogP contribution < -0.4 is 0 Å². The first-order chi connectivity index (χ1) is 11.6. The van der Waals surface area contributed by atoms with Crippen LogP contribution in [0.5, 0.6) is 0 Å². The van der Waals surface area contributed by atoms with Crippen molar-refractivity contribution in [2.24, 2.45) is 0 Å². The summed E-state index contributed by atoms with van der Waals surface area (Å²) in [6, 6.07) is 0. The highest BCUT2D eigenvalue weighted by Crippen LogP contribution is 2.10. The zero-order valence-corrected chi connectivity index (χ0v) is 16.2. The fourth-order valence-electron chi connectivity index (χ4n) is 2.33. The Morgan fingerprint density at radius 1 is 0.792 bits per heavy atom. The molecular formula is C19H35ClO4. The summed E-state index contributed by atoms with van der Waals surface area (Å²) in [7, 11) is 0. The Bertz CT molecular complexity index is 318. The van der Waals surface area contributed by atoms with Crippen LogP contribution in [0.3, 0.4) is 0 Å². The molecule has 0 bridgehead atoms. The minimum absolute atomic E-state index is 0.185. The van der Waals surface area contributed by atoms with Crippen molar-refractivity contribution < 1.29 is 19.1 Å². The molecule has 0 aliphatic carbocycles. The summed E-state index contributed by atoms with van der Waals surface area (Å²) in [6.45, 7) is 4.69. The van der Waals surface area contributed by atoms with Crippen LogP contribution in [-0.4, -0.2) is 30.5 Å². The lowest BCUT2D eigenvalue weighted by atomic mass is 10.1. The number of rotatable bonds is 16. The SMILES string of the molecule is CCCCCCCCCCCOC(=O)CCCC(=O)OCC(C)Cl. The molecule has 0 N–H and O–H groups in total. The van der Waals surface area contributed by atoms with Crippen LogP contribution in [0.4, 0.5) is 0 Å². The van der Waals surface area contributed by atoms with Crippen molar-refractivity contribution in [2.45, 2.75) is 96.3 Å². The first kappa shape index (κ1) is 23.2. The van der Waals surface area contributed by atoms with E-state index >= 15 is 0 Å². The predicted molar refractivity (Wildman–Crippen MR) is 98.3 cm³/mol. The van der Waals surface area contributed by atoms with Crippen molar-refractivity contribution in [3.05, 3.63) is 0 Å². The number of alkyl halides is 1. The number of hydrogen-bond acceptors (Lipinski definition) is 4. The maximum atomic E-state index is 11.5. The molecular weight excluding hydrogens is 328 g/mol. The number of carbonyl (C=O) groups is 2. The van der Waals surface area contributed by atoms with Gasteiger partial charge in [0.25, 0.3) is 0 Å². The molecule has 4 nitrogen and oxygen atoms in total. The molecule has 0 fully saturated rings. The molecule has 0 saturated heterocycles. The third-order valence-electron chi connectivity index (χ3n) is 3.75. The van der Waals surface area contributed by atoms with Crippen LogP contribution in [0.1, 0.15) is 90.9 Å². The van der Waals surface area contributed by atoms with Gasteiger partial charge in [-0.1, -0.05) is 58.3 Å². The van der Waals surface area contributed by atoms with Crippen LogP contribution >= 0.6 is 11.6 Å². The highest BCUT2D eigenvalue weighted by atomic mass is 35.5. The van der Waals surface area contributed by atoms with E-state index in [-0.39, 0.29) is 36.8 Å². The lowest BCUT2D eigenvalue weighted by Crippen LogP contribution is -2.12. The Balaban J connectivity index is 3.31. The third-order valence-corrected chi connectivity index (χ3v) is 3.87. The first-order valence-electron chi connectivity index (χ1n) is 9.51. The summed E-state index contributed by atoms with van der Waals surface area (Å²) in [4.78, 5) is 22.9. The van der Waals surface area contributed by atoms with E-state index in [0.29, 0.717) is 13.0 Å². The van der Waals surface area contributed by atoms with E-state index in [1.165, 1.54) is 44.9 Å². The van der Waals surface area contributed by atoms with Crippen molar-refractivity contribution >= 4 is 23.5 Å². The fourth-order valence-corrected chi connectivity index (χ4v) is 2.39. The summed E-state index contributed by atoms with van der Waals surface area (Å²) in [5, 5.41) is -0.185. The molecule has 0 aromatic rings. The standard InChI is InChI=1S/C19H35ClO4/c1-3-4-5-6-7-8-9-10-11-15-23-18(21)13-12-14-19(22)24-16-17(2)20/h17H,3-16H2,1-2H3. The smallest absolute Gasteiger partial charge is 0.305 e. The van der Waals surface area contributed by atoms with Gasteiger partial charge in [-0.25, -0.2) is 0 Å². The highest BCUT2D eigenvalue weighted by Gasteiger charge is 2.08. The number of unbranched alkanes of at least 4 members (excludes halogenated alkanes) is 8. The Morgan fingerprint density at radius 3 is 1.83 bits per heavy atom. The minimum Gasteiger partial charge on any atom is -0.466 e. The molecule has 0 aliphatic rings. The Kier molecular flexibility index (Phi) is 16.5. The molecule has 1 atom stereocenters. The van der Waals surface area contributed by atoms with E-state index in [1.807, 2.05) is 0 Å². The summed E-state index contributed by atoms with van der Waals surface area (Å²) in [5.74, 6) is -0.540. The molecule has 0 heterocycles. The summed E-state index contributed by atoms with van der Waals surface area (Å²) < 4.78 is 10.1. The molecule has 0 aliphatic heterocycles. The normalized spacial score (nSPS) is 12.0. The number of halogens is 1. The fraction of sp³-hybridized carbons (Fsp3) is 0.895. The maximum absolute atomic E-state index is 11.5. The zero-order valence-electron chi connectivity index (χ0n) is 15.5. The second kappa shape index (κ2) is 17.1. The van der Waals surface area contributed by atoms with Gasteiger partial charge >= 0.3 is 11.9 Å². The minimum atomic E-state index is -0.311. The van der Waals surface area contributed by atoms with Crippen molar-refractivity contribution in [1.29, 1.82) is 0 Å². The second-order valence-electron chi connectivity index (χ2n) is 6.37. The molecule has 0 rings (SSSR count). The van der Waals surface area contributed by atoms with Gasteiger partial charge in [0.1, 0.15) is 6.61 Å². The zero-order chi connectivity index (χ0) is 18.0. The largest absolute Gasteiger partial charge is 0.466 e. The molecule has 0 spiro atoms. The van der Waals surface area contributed by atoms with Crippen LogP contribution in [-0.2, 0) is 19.1 Å². The van der Waals surface area contributed by atoms with Gasteiger partial charge in [0.2, 0.25) is 0 Å². The van der Waals surface area contributed by atoms with Gasteiger partial charge in [0, 0.05) is 12.8 Å². The number of ether oxygens (including phenoxy) is 2. The third kappa shape index (κ3) is 17.6. The summed E-state index contributed by atoms with van der Waals surface area (Å²) >= 11 is 5.69. The van der Waals surface area contributed by atoms with Crippen molar-refractivity contribution in [2.75, 3.05) is 13.2 Å². The molecule has 0 saturated carbocycles. The number of esters is 2. The van der Waals surface area contributed by atoms with E-state index in [9.17, 15) is 9.59 Å². The van der Waals surface area contributed by atoms with Crippen LogP contribution in [0, 0.1) is 0 Å². The van der Waals surface area contributed by atoms with Gasteiger partial charge < -0.3 is 9.47 Å². The molecule has 0 aromatic carbocycles. The van der Waals surface area contributed by atoms with E-state index in [0.717, 1.165) is 12.8 Å². The van der Waals surface area contributed by atoms with Crippen molar-refractivity contribution in [3.8, 4) is 0 Å². The van der Waals surface area contributed by atoms with Gasteiger partial charge in [-0.05, 0) is 19.8 Å². The van der Waals surface area contributed by atoms with E-state index in [2.05, 4.69) is 6.92 Å². The van der Waals surface area contributed by atoms with Gasteiger partial charge in [0.15, 0.2) is 0 Å². The molecule has 1 unspecified atom stereocenters. The molecule has 0 radical (unpaired) electrons. The molecule has 5 heteroatoms. The molecule has 0 amide bonds. The second-order valence-corrected chi connectivity index (χ2v) is 7.11. The summed E-state index contributed by atoms with van der Waals surface area (Å²) in [5.41, 5.74) is 0. The molecule has 142 valence electrons. The van der Waals surface area contributed by atoms with E-state index in [4.69, 9.17) is 21.1 Å². The first-order valence-corrected chi connectivity index (χ1v) is 9.95. The van der Waals surface area contributed by atoms with Gasteiger partial charge in [0.05, 0.1) is 12.0 Å². The van der Waals surface area contributed by atoms with Gasteiger partial charge in [-0.15, -0.1) is 11.6 Å². The topological polar surface area (TPSA) is 52.6 Å². The van der Waals surface area contributed by atoms with Crippen LogP contribution in [0.2, 0.25) is 0 Å². The quantitative estimate of drug-likeness (QED) is 0.209. The number of hydrogen-bond donors (Lipinski definition) is 0. The number of carbonyl (C=O) groups excluding carboxylic acids is 2. The van der Waals surface area contributed by atoms with E-state index in [1.54, 1.807) is 6.92 Å². The lowest BCUT2D eigenvalue weighted by Gasteiger charge is -2.06. The average Bonchev–Trinajstić information content (AvgIpc) is 2.54. The Labute approximate surface area is 152 Å².